The van der Waals surface area contributed by atoms with Gasteiger partial charge in [-0.05, 0) is 27.2 Å². The minimum atomic E-state index is -0.317. The molecule has 7 heteroatoms. The average Bonchev–Trinajstić information content (AvgIpc) is 3.14. The normalized spacial score (nSPS) is 12.1. The van der Waals surface area contributed by atoms with Crippen molar-refractivity contribution in [1.82, 2.24) is 24.5 Å². The Hall–Kier alpha value is -3.22. The molecule has 1 N–H and O–H groups in total. The maximum atomic E-state index is 13.1. The topological polar surface area (TPSA) is 81.3 Å². The van der Waals surface area contributed by atoms with Gasteiger partial charge in [-0.3, -0.25) is 9.59 Å². The smallest absolute Gasteiger partial charge is 0.279 e. The molecular weight excluding hydrogens is 366 g/mol. The highest BCUT2D eigenvalue weighted by Crippen LogP contribution is 2.18. The number of aromatic nitrogens is 4. The number of hydrogen-bond acceptors (Lipinski definition) is 4. The molecule has 7 nitrogen and oxygen atoms in total. The van der Waals surface area contributed by atoms with Gasteiger partial charge in [-0.25, -0.2) is 0 Å². The van der Waals surface area contributed by atoms with Gasteiger partial charge in [-0.15, -0.1) is 11.7 Å². The van der Waals surface area contributed by atoms with Gasteiger partial charge in [0.05, 0.1) is 6.42 Å². The van der Waals surface area contributed by atoms with Gasteiger partial charge in [0.25, 0.3) is 5.56 Å². The number of benzene rings is 1. The fourth-order valence-electron chi connectivity index (χ4n) is 3.17. The lowest BCUT2D eigenvalue weighted by molar-refractivity contribution is -0.121. The van der Waals surface area contributed by atoms with E-state index in [0.717, 1.165) is 17.5 Å². The molecule has 0 saturated carbocycles. The van der Waals surface area contributed by atoms with E-state index in [1.807, 2.05) is 56.5 Å². The van der Waals surface area contributed by atoms with E-state index in [2.05, 4.69) is 22.0 Å². The molecule has 1 amide bonds. The molecule has 0 aliphatic carbocycles. The summed E-state index contributed by atoms with van der Waals surface area (Å²) in [4.78, 5) is 30.2. The average molecular weight is 393 g/mol. The number of carbonyl (C=O) groups excluding carboxylic acids is 1. The van der Waals surface area contributed by atoms with Crippen molar-refractivity contribution in [1.29, 1.82) is 0 Å². The Morgan fingerprint density at radius 2 is 1.97 bits per heavy atom. The largest absolute Gasteiger partial charge is 0.353 e. The number of amides is 1. The molecule has 0 saturated heterocycles. The molecule has 1 atom stereocenters. The number of aryl methyl sites for hydroxylation is 1. The van der Waals surface area contributed by atoms with Crippen LogP contribution in [0.25, 0.3) is 17.2 Å². The molecule has 3 aromatic rings. The SMILES string of the molecule is C=CCn1c(C)c(CC(=O)NC(C)CC)c(=O)n2nc(-c3ccc(C)cc3)nc12. The van der Waals surface area contributed by atoms with Gasteiger partial charge >= 0.3 is 0 Å². The fraction of sp³-hybridized carbons (Fsp3) is 0.364. The number of allylic oxidation sites excluding steroid dienone is 1. The second-order valence-corrected chi connectivity index (χ2v) is 7.34. The van der Waals surface area contributed by atoms with Crippen LogP contribution in [0, 0.1) is 13.8 Å². The van der Waals surface area contributed by atoms with Crippen LogP contribution < -0.4 is 10.9 Å². The fourth-order valence-corrected chi connectivity index (χ4v) is 3.17. The monoisotopic (exact) mass is 393 g/mol. The second kappa shape index (κ2) is 8.43. The summed E-state index contributed by atoms with van der Waals surface area (Å²) in [5.41, 5.74) is 2.76. The molecule has 29 heavy (non-hydrogen) atoms. The van der Waals surface area contributed by atoms with Crippen LogP contribution in [0.5, 0.6) is 0 Å². The van der Waals surface area contributed by atoms with Gasteiger partial charge in [0.2, 0.25) is 11.7 Å². The number of hydrogen-bond donors (Lipinski definition) is 1. The van der Waals surface area contributed by atoms with E-state index in [9.17, 15) is 9.59 Å². The van der Waals surface area contributed by atoms with E-state index >= 15 is 0 Å². The highest BCUT2D eigenvalue weighted by molar-refractivity contribution is 5.79. The first-order valence-corrected chi connectivity index (χ1v) is 9.82. The van der Waals surface area contributed by atoms with Gasteiger partial charge in [0.15, 0.2) is 5.82 Å². The van der Waals surface area contributed by atoms with E-state index in [0.29, 0.717) is 29.4 Å². The Morgan fingerprint density at radius 1 is 1.28 bits per heavy atom. The summed E-state index contributed by atoms with van der Waals surface area (Å²) in [6.45, 7) is 12.0. The third kappa shape index (κ3) is 4.13. The third-order valence-corrected chi connectivity index (χ3v) is 5.10. The highest BCUT2D eigenvalue weighted by Gasteiger charge is 2.20. The quantitative estimate of drug-likeness (QED) is 0.626. The molecule has 0 fully saturated rings. The zero-order valence-corrected chi connectivity index (χ0v) is 17.4. The van der Waals surface area contributed by atoms with Gasteiger partial charge in [0.1, 0.15) is 0 Å². The van der Waals surface area contributed by atoms with Crippen molar-refractivity contribution < 1.29 is 4.79 Å². The Labute approximate surface area is 170 Å². The summed E-state index contributed by atoms with van der Waals surface area (Å²) < 4.78 is 3.16. The molecule has 0 aliphatic rings. The maximum absolute atomic E-state index is 13.1. The summed E-state index contributed by atoms with van der Waals surface area (Å²) >= 11 is 0. The lowest BCUT2D eigenvalue weighted by Gasteiger charge is -2.15. The van der Waals surface area contributed by atoms with Crippen molar-refractivity contribution >= 4 is 11.7 Å². The molecule has 0 spiro atoms. The van der Waals surface area contributed by atoms with Crippen LogP contribution in [-0.2, 0) is 17.8 Å². The van der Waals surface area contributed by atoms with Crippen molar-refractivity contribution in [3.63, 3.8) is 0 Å². The Bertz CT molecular complexity index is 1110. The molecule has 2 aromatic heterocycles. The van der Waals surface area contributed by atoms with Crippen LogP contribution in [0.1, 0.15) is 37.1 Å². The van der Waals surface area contributed by atoms with Crippen LogP contribution >= 0.6 is 0 Å². The van der Waals surface area contributed by atoms with Crippen LogP contribution in [0.3, 0.4) is 0 Å². The third-order valence-electron chi connectivity index (χ3n) is 5.10. The molecule has 152 valence electrons. The minimum absolute atomic E-state index is 0.00180. The molecule has 1 aromatic carbocycles. The van der Waals surface area contributed by atoms with Crippen LogP contribution in [-0.4, -0.2) is 31.1 Å². The highest BCUT2D eigenvalue weighted by atomic mass is 16.2. The molecule has 2 heterocycles. The Kier molecular flexibility index (Phi) is 5.96. The van der Waals surface area contributed by atoms with E-state index in [1.165, 1.54) is 4.52 Å². The lowest BCUT2D eigenvalue weighted by atomic mass is 10.1. The molecule has 0 aliphatic heterocycles. The zero-order chi connectivity index (χ0) is 21.1. The van der Waals surface area contributed by atoms with Gasteiger partial charge in [-0.1, -0.05) is 42.8 Å². The predicted octanol–water partition coefficient (Wildman–Crippen LogP) is 2.82. The van der Waals surface area contributed by atoms with Crippen molar-refractivity contribution in [2.75, 3.05) is 0 Å². The minimum Gasteiger partial charge on any atom is -0.353 e. The first-order chi connectivity index (χ1) is 13.8. The first kappa shape index (κ1) is 20.5. The molecule has 0 radical (unpaired) electrons. The van der Waals surface area contributed by atoms with Crippen molar-refractivity contribution in [2.24, 2.45) is 0 Å². The van der Waals surface area contributed by atoms with Crippen LogP contribution in [0.4, 0.5) is 0 Å². The summed E-state index contributed by atoms with van der Waals surface area (Å²) in [6, 6.07) is 7.88. The van der Waals surface area contributed by atoms with Crippen molar-refractivity contribution in [3.05, 3.63) is 64.1 Å². The van der Waals surface area contributed by atoms with E-state index in [1.54, 1.807) is 6.08 Å². The molecule has 1 unspecified atom stereocenters. The number of nitrogens with zero attached hydrogens (tertiary/aromatic N) is 4. The zero-order valence-electron chi connectivity index (χ0n) is 17.4. The van der Waals surface area contributed by atoms with Crippen LogP contribution in [0.15, 0.2) is 41.7 Å². The Morgan fingerprint density at radius 3 is 2.59 bits per heavy atom. The summed E-state index contributed by atoms with van der Waals surface area (Å²) in [7, 11) is 0. The summed E-state index contributed by atoms with van der Waals surface area (Å²) in [6.07, 6.45) is 2.57. The standard InChI is InChI=1S/C22H27N5O2/c1-6-12-26-16(5)18(13-19(28)23-15(4)7-2)21(29)27-22(26)24-20(25-27)17-10-8-14(3)9-11-17/h6,8-11,15H,1,7,12-13H2,2-5H3,(H,23,28). The maximum Gasteiger partial charge on any atom is 0.279 e. The molecular formula is C22H27N5O2. The van der Waals surface area contributed by atoms with E-state index < -0.39 is 0 Å². The number of rotatable bonds is 7. The van der Waals surface area contributed by atoms with Gasteiger partial charge in [0, 0.05) is 29.4 Å². The van der Waals surface area contributed by atoms with E-state index in [-0.39, 0.29) is 23.9 Å². The number of fused-ring (bicyclic) bond motifs is 1. The summed E-state index contributed by atoms with van der Waals surface area (Å²) in [5, 5.41) is 7.36. The number of carbonyl (C=O) groups is 1. The first-order valence-electron chi connectivity index (χ1n) is 9.82. The summed E-state index contributed by atoms with van der Waals surface area (Å²) in [5.74, 6) is 0.734. The lowest BCUT2D eigenvalue weighted by Crippen LogP contribution is -2.36. The van der Waals surface area contributed by atoms with Crippen molar-refractivity contribution in [2.45, 2.75) is 53.1 Å². The van der Waals surface area contributed by atoms with Gasteiger partial charge < -0.3 is 9.88 Å². The van der Waals surface area contributed by atoms with Crippen LogP contribution in [0.2, 0.25) is 0 Å². The van der Waals surface area contributed by atoms with Crippen molar-refractivity contribution in [3.8, 4) is 11.4 Å². The molecule has 3 rings (SSSR count). The predicted molar refractivity (Wildman–Crippen MR) is 114 cm³/mol. The molecule has 0 bridgehead atoms. The second-order valence-electron chi connectivity index (χ2n) is 7.34. The Balaban J connectivity index is 2.13. The number of nitrogens with one attached hydrogen (secondary N) is 1. The van der Waals surface area contributed by atoms with E-state index in [4.69, 9.17) is 0 Å². The van der Waals surface area contributed by atoms with Gasteiger partial charge in [-0.2, -0.15) is 9.50 Å².